The molecule has 1 unspecified atom stereocenters. The number of aliphatic hydroxyl groups is 1. The number of hydrogen-bond acceptors (Lipinski definition) is 4. The molecule has 0 radical (unpaired) electrons. The Morgan fingerprint density at radius 3 is 2.33 bits per heavy atom. The highest BCUT2D eigenvalue weighted by Gasteiger charge is 2.41. The summed E-state index contributed by atoms with van der Waals surface area (Å²) in [6, 6.07) is 0. The normalized spacial score (nSPS) is 24.0. The lowest BCUT2D eigenvalue weighted by atomic mass is 9.91. The van der Waals surface area contributed by atoms with E-state index < -0.39 is 17.7 Å². The Balaban J connectivity index is 1.88. The van der Waals surface area contributed by atoms with Crippen molar-refractivity contribution in [1.82, 2.24) is 4.90 Å². The molecular weight excluding hydrogens is 274 g/mol. The number of carboxylic acid groups (broad SMARTS) is 1. The van der Waals surface area contributed by atoms with Crippen molar-refractivity contribution in [2.24, 2.45) is 0 Å². The van der Waals surface area contributed by atoms with Gasteiger partial charge in [-0.15, -0.1) is 0 Å². The molecule has 2 N–H and O–H groups in total. The summed E-state index contributed by atoms with van der Waals surface area (Å²) in [5.41, 5.74) is -1.69. The minimum Gasteiger partial charge on any atom is -0.479 e. The summed E-state index contributed by atoms with van der Waals surface area (Å²) in [5, 5.41) is 18.9. The Hall–Kier alpha value is -1.14. The van der Waals surface area contributed by atoms with Gasteiger partial charge in [-0.3, -0.25) is 4.79 Å². The minimum atomic E-state index is -1.69. The number of carboxylic acids is 1. The summed E-state index contributed by atoms with van der Waals surface area (Å²) in [6.07, 6.45) is 4.86. The van der Waals surface area contributed by atoms with Gasteiger partial charge in [-0.2, -0.15) is 0 Å². The zero-order chi connectivity index (χ0) is 15.5. The van der Waals surface area contributed by atoms with Crippen molar-refractivity contribution in [1.29, 1.82) is 0 Å². The van der Waals surface area contributed by atoms with E-state index in [1.165, 1.54) is 0 Å². The average molecular weight is 299 g/mol. The van der Waals surface area contributed by atoms with Crippen molar-refractivity contribution in [3.63, 3.8) is 0 Å². The molecule has 1 saturated carbocycles. The van der Waals surface area contributed by atoms with Crippen LogP contribution in [0.5, 0.6) is 0 Å². The van der Waals surface area contributed by atoms with Crippen molar-refractivity contribution in [3.8, 4) is 0 Å². The monoisotopic (exact) mass is 299 g/mol. The summed E-state index contributed by atoms with van der Waals surface area (Å²) in [7, 11) is 0. The van der Waals surface area contributed by atoms with Gasteiger partial charge in [-0.1, -0.05) is 19.8 Å². The largest absolute Gasteiger partial charge is 0.479 e. The van der Waals surface area contributed by atoms with Gasteiger partial charge in [0.25, 0.3) is 5.91 Å². The third-order valence-corrected chi connectivity index (χ3v) is 4.61. The first-order valence-corrected chi connectivity index (χ1v) is 7.86. The highest BCUT2D eigenvalue weighted by atomic mass is 16.5. The van der Waals surface area contributed by atoms with Crippen LogP contribution >= 0.6 is 0 Å². The zero-order valence-corrected chi connectivity index (χ0v) is 12.6. The molecule has 1 atom stereocenters. The third-order valence-electron chi connectivity index (χ3n) is 4.61. The lowest BCUT2D eigenvalue weighted by Crippen LogP contribution is -2.53. The maximum Gasteiger partial charge on any atom is 0.335 e. The summed E-state index contributed by atoms with van der Waals surface area (Å²) in [4.78, 5) is 25.1. The van der Waals surface area contributed by atoms with Crippen molar-refractivity contribution in [2.75, 3.05) is 13.1 Å². The number of carbonyl (C=O) groups excluding carboxylic acids is 1. The fourth-order valence-electron chi connectivity index (χ4n) is 3.10. The second-order valence-electron chi connectivity index (χ2n) is 6.10. The second-order valence-corrected chi connectivity index (χ2v) is 6.10. The van der Waals surface area contributed by atoms with E-state index in [1.807, 2.05) is 6.92 Å². The van der Waals surface area contributed by atoms with E-state index in [9.17, 15) is 14.7 Å². The van der Waals surface area contributed by atoms with Crippen molar-refractivity contribution in [3.05, 3.63) is 0 Å². The summed E-state index contributed by atoms with van der Waals surface area (Å²) in [6.45, 7) is 2.47. The maximum atomic E-state index is 12.5. The Labute approximate surface area is 125 Å². The molecule has 0 bridgehead atoms. The van der Waals surface area contributed by atoms with Gasteiger partial charge in [-0.25, -0.2) is 4.79 Å². The molecular formula is C15H25NO5. The van der Waals surface area contributed by atoms with Gasteiger partial charge < -0.3 is 19.8 Å². The highest BCUT2D eigenvalue weighted by Crippen LogP contribution is 2.26. The zero-order valence-electron chi connectivity index (χ0n) is 12.6. The quantitative estimate of drug-likeness (QED) is 0.795. The van der Waals surface area contributed by atoms with E-state index in [4.69, 9.17) is 9.84 Å². The molecule has 0 aromatic rings. The first-order chi connectivity index (χ1) is 9.96. The van der Waals surface area contributed by atoms with Crippen molar-refractivity contribution < 1.29 is 24.5 Å². The number of nitrogens with zero attached hydrogens (tertiary/aromatic N) is 1. The molecule has 120 valence electrons. The van der Waals surface area contributed by atoms with E-state index >= 15 is 0 Å². The lowest BCUT2D eigenvalue weighted by Gasteiger charge is -2.37. The fourth-order valence-corrected chi connectivity index (χ4v) is 3.10. The number of piperidine rings is 1. The molecule has 1 aliphatic carbocycles. The van der Waals surface area contributed by atoms with Crippen LogP contribution in [0.3, 0.4) is 0 Å². The molecule has 2 rings (SSSR count). The lowest BCUT2D eigenvalue weighted by molar-refractivity contribution is -0.168. The molecule has 2 fully saturated rings. The van der Waals surface area contributed by atoms with Crippen LogP contribution in [-0.4, -0.2) is 57.9 Å². The molecule has 6 heteroatoms. The number of carbonyl (C=O) groups is 2. The van der Waals surface area contributed by atoms with Gasteiger partial charge in [0.2, 0.25) is 0 Å². The molecule has 21 heavy (non-hydrogen) atoms. The van der Waals surface area contributed by atoms with Crippen LogP contribution in [0.1, 0.15) is 51.9 Å². The van der Waals surface area contributed by atoms with E-state index in [2.05, 4.69) is 0 Å². The Bertz CT molecular complexity index is 384. The van der Waals surface area contributed by atoms with E-state index in [1.54, 1.807) is 4.90 Å². The van der Waals surface area contributed by atoms with Crippen LogP contribution in [-0.2, 0) is 14.3 Å². The summed E-state index contributed by atoms with van der Waals surface area (Å²) < 4.78 is 5.90. The first-order valence-electron chi connectivity index (χ1n) is 7.86. The molecule has 0 aromatic carbocycles. The van der Waals surface area contributed by atoms with Gasteiger partial charge in [0, 0.05) is 25.9 Å². The number of hydrogen-bond donors (Lipinski definition) is 2. The van der Waals surface area contributed by atoms with Crippen LogP contribution in [0.4, 0.5) is 0 Å². The van der Waals surface area contributed by atoms with E-state index in [0.717, 1.165) is 25.7 Å². The SMILES string of the molecule is CCC(OC1CCCC1)C(=O)N1CCC(O)(C(=O)O)CC1. The van der Waals surface area contributed by atoms with Crippen LogP contribution in [0.25, 0.3) is 0 Å². The standard InChI is InChI=1S/C15H25NO5/c1-2-12(21-11-5-3-4-6-11)13(17)16-9-7-15(20,8-10-16)14(18)19/h11-12,20H,2-10H2,1H3,(H,18,19). The average Bonchev–Trinajstić information content (AvgIpc) is 2.97. The molecule has 2 aliphatic rings. The van der Waals surface area contributed by atoms with Crippen LogP contribution < -0.4 is 0 Å². The molecule has 0 aromatic heterocycles. The maximum absolute atomic E-state index is 12.5. The molecule has 1 aliphatic heterocycles. The number of rotatable bonds is 5. The fraction of sp³-hybridized carbons (Fsp3) is 0.867. The summed E-state index contributed by atoms with van der Waals surface area (Å²) >= 11 is 0. The van der Waals surface area contributed by atoms with E-state index in [0.29, 0.717) is 6.42 Å². The molecule has 1 amide bonds. The predicted octanol–water partition coefficient (Wildman–Crippen LogP) is 1.16. The topological polar surface area (TPSA) is 87.1 Å². The van der Waals surface area contributed by atoms with E-state index in [-0.39, 0.29) is 37.9 Å². The van der Waals surface area contributed by atoms with Crippen LogP contribution in [0.2, 0.25) is 0 Å². The van der Waals surface area contributed by atoms with Crippen molar-refractivity contribution in [2.45, 2.75) is 69.7 Å². The minimum absolute atomic E-state index is 0.0724. The number of aliphatic carboxylic acids is 1. The van der Waals surface area contributed by atoms with Gasteiger partial charge in [0.1, 0.15) is 6.10 Å². The summed E-state index contributed by atoms with van der Waals surface area (Å²) in [5.74, 6) is -1.28. The highest BCUT2D eigenvalue weighted by molar-refractivity contribution is 5.82. The number of likely N-dealkylation sites (tertiary alicyclic amines) is 1. The number of ether oxygens (including phenoxy) is 1. The first kappa shape index (κ1) is 16.2. The van der Waals surface area contributed by atoms with Gasteiger partial charge >= 0.3 is 5.97 Å². The Kier molecular flexibility index (Phi) is 5.22. The predicted molar refractivity (Wildman–Crippen MR) is 75.8 cm³/mol. The van der Waals surface area contributed by atoms with Gasteiger partial charge in [-0.05, 0) is 19.3 Å². The molecule has 1 saturated heterocycles. The molecule has 0 spiro atoms. The second kappa shape index (κ2) is 6.75. The molecule has 1 heterocycles. The van der Waals surface area contributed by atoms with Crippen LogP contribution in [0.15, 0.2) is 0 Å². The third kappa shape index (κ3) is 3.74. The Morgan fingerprint density at radius 2 is 1.86 bits per heavy atom. The molecule has 6 nitrogen and oxygen atoms in total. The van der Waals surface area contributed by atoms with Crippen LogP contribution in [0, 0.1) is 0 Å². The van der Waals surface area contributed by atoms with Crippen molar-refractivity contribution >= 4 is 11.9 Å². The number of amides is 1. The van der Waals surface area contributed by atoms with Gasteiger partial charge in [0.05, 0.1) is 6.10 Å². The van der Waals surface area contributed by atoms with Gasteiger partial charge in [0.15, 0.2) is 5.60 Å². The smallest absolute Gasteiger partial charge is 0.335 e. The Morgan fingerprint density at radius 1 is 1.29 bits per heavy atom.